The zero-order valence-corrected chi connectivity index (χ0v) is 12.9. The number of amides is 1. The number of halogens is 3. The van der Waals surface area contributed by atoms with E-state index in [1.165, 1.54) is 4.90 Å². The summed E-state index contributed by atoms with van der Waals surface area (Å²) in [7, 11) is 0. The molecule has 0 aromatic carbocycles. The molecule has 1 aromatic rings. The molecule has 2 heterocycles. The quantitative estimate of drug-likeness (QED) is 0.888. The Kier molecular flexibility index (Phi) is 4.61. The van der Waals surface area contributed by atoms with Gasteiger partial charge in [-0.2, -0.15) is 18.3 Å². The number of carbonyl (C=O) groups excluding carboxylic acids is 1. The van der Waals surface area contributed by atoms with Crippen molar-refractivity contribution in [2.75, 3.05) is 19.6 Å². The number of carbonyl (C=O) groups is 1. The zero-order chi connectivity index (χ0) is 16.4. The number of aromatic amines is 1. The molecule has 0 spiro atoms. The minimum absolute atomic E-state index is 0.233. The van der Waals surface area contributed by atoms with Gasteiger partial charge in [-0.3, -0.25) is 14.8 Å². The molecule has 1 atom stereocenters. The molecule has 1 aromatic heterocycles. The maximum Gasteiger partial charge on any atom is 0.401 e. The van der Waals surface area contributed by atoms with Crippen molar-refractivity contribution in [2.24, 2.45) is 0 Å². The van der Waals surface area contributed by atoms with Crippen LogP contribution in [-0.4, -0.2) is 52.9 Å². The molecular formula is C15H21F3N4O. The molecule has 5 nitrogen and oxygen atoms in total. The molecule has 0 saturated carbocycles. The second-order valence-electron chi connectivity index (χ2n) is 6.33. The Morgan fingerprint density at radius 3 is 2.87 bits per heavy atom. The van der Waals surface area contributed by atoms with Crippen molar-refractivity contribution >= 4 is 5.91 Å². The summed E-state index contributed by atoms with van der Waals surface area (Å²) in [5.41, 5.74) is 2.38. The molecule has 23 heavy (non-hydrogen) atoms. The summed E-state index contributed by atoms with van der Waals surface area (Å²) in [5, 5.41) is 9.76. The van der Waals surface area contributed by atoms with Gasteiger partial charge >= 0.3 is 6.18 Å². The van der Waals surface area contributed by atoms with Crippen molar-refractivity contribution in [3.05, 3.63) is 17.0 Å². The van der Waals surface area contributed by atoms with Crippen molar-refractivity contribution < 1.29 is 18.0 Å². The molecule has 0 bridgehead atoms. The molecule has 2 aliphatic rings. The van der Waals surface area contributed by atoms with Gasteiger partial charge < -0.3 is 5.32 Å². The van der Waals surface area contributed by atoms with Crippen LogP contribution in [-0.2, 0) is 12.8 Å². The predicted molar refractivity (Wildman–Crippen MR) is 78.2 cm³/mol. The number of alkyl halides is 3. The Morgan fingerprint density at radius 2 is 2.09 bits per heavy atom. The number of nitrogens with zero attached hydrogens (tertiary/aromatic N) is 2. The fourth-order valence-electron chi connectivity index (χ4n) is 3.53. The highest BCUT2D eigenvalue weighted by atomic mass is 19.4. The molecule has 0 radical (unpaired) electrons. The van der Waals surface area contributed by atoms with E-state index in [0.717, 1.165) is 43.4 Å². The van der Waals surface area contributed by atoms with Gasteiger partial charge in [0.15, 0.2) is 5.69 Å². The van der Waals surface area contributed by atoms with E-state index in [0.29, 0.717) is 18.7 Å². The fraction of sp³-hybridized carbons (Fsp3) is 0.733. The molecule has 1 unspecified atom stereocenters. The van der Waals surface area contributed by atoms with Crippen LogP contribution in [0.4, 0.5) is 13.2 Å². The molecule has 8 heteroatoms. The number of fused-ring (bicyclic) bond motifs is 1. The largest absolute Gasteiger partial charge is 0.401 e. The molecule has 3 rings (SSSR count). The zero-order valence-electron chi connectivity index (χ0n) is 12.9. The molecule has 1 amide bonds. The molecular weight excluding hydrogens is 309 g/mol. The molecule has 2 N–H and O–H groups in total. The Balaban J connectivity index is 1.57. The number of aryl methyl sites for hydroxylation is 1. The minimum atomic E-state index is -4.20. The Bertz CT molecular complexity index is 570. The highest BCUT2D eigenvalue weighted by molar-refractivity contribution is 5.94. The summed E-state index contributed by atoms with van der Waals surface area (Å²) in [6.07, 6.45) is 1.06. The first kappa shape index (κ1) is 16.3. The van der Waals surface area contributed by atoms with Crippen molar-refractivity contribution in [3.63, 3.8) is 0 Å². The second-order valence-corrected chi connectivity index (χ2v) is 6.33. The number of hydrogen-bond acceptors (Lipinski definition) is 3. The van der Waals surface area contributed by atoms with Gasteiger partial charge in [-0.1, -0.05) is 0 Å². The lowest BCUT2D eigenvalue weighted by Gasteiger charge is -2.25. The van der Waals surface area contributed by atoms with Crippen LogP contribution in [0.25, 0.3) is 0 Å². The topological polar surface area (TPSA) is 61.0 Å². The lowest BCUT2D eigenvalue weighted by molar-refractivity contribution is -0.147. The summed E-state index contributed by atoms with van der Waals surface area (Å²) in [4.78, 5) is 13.7. The highest BCUT2D eigenvalue weighted by Crippen LogP contribution is 2.24. The number of aromatic nitrogens is 2. The third kappa shape index (κ3) is 3.85. The molecule has 128 valence electrons. The first-order chi connectivity index (χ1) is 10.9. The SMILES string of the molecule is O=C(NCC1CCCN1CC(F)(F)F)c1n[nH]c2c1CCCC2. The number of hydrogen-bond donors (Lipinski definition) is 2. The maximum absolute atomic E-state index is 12.5. The van der Waals surface area contributed by atoms with E-state index >= 15 is 0 Å². The van der Waals surface area contributed by atoms with E-state index in [1.54, 1.807) is 0 Å². The standard InChI is InChI=1S/C15H21F3N4O/c16-15(17,18)9-22-7-3-4-10(22)8-19-14(23)13-11-5-1-2-6-12(11)20-21-13/h10H,1-9H2,(H,19,23)(H,20,21). The van der Waals surface area contributed by atoms with Gasteiger partial charge in [0.2, 0.25) is 0 Å². The number of nitrogens with one attached hydrogen (secondary N) is 2. The van der Waals surface area contributed by atoms with Crippen molar-refractivity contribution in [2.45, 2.75) is 50.7 Å². The fourth-order valence-corrected chi connectivity index (χ4v) is 3.53. The van der Waals surface area contributed by atoms with Gasteiger partial charge in [-0.05, 0) is 45.1 Å². The summed E-state index contributed by atoms with van der Waals surface area (Å²) in [6, 6.07) is -0.254. The third-order valence-electron chi connectivity index (χ3n) is 4.65. The van der Waals surface area contributed by atoms with Crippen LogP contribution in [0, 0.1) is 0 Å². The second kappa shape index (κ2) is 6.51. The van der Waals surface area contributed by atoms with E-state index in [-0.39, 0.29) is 18.5 Å². The van der Waals surface area contributed by atoms with Crippen LogP contribution in [0.3, 0.4) is 0 Å². The van der Waals surface area contributed by atoms with E-state index in [2.05, 4.69) is 15.5 Å². The van der Waals surface area contributed by atoms with Crippen LogP contribution in [0.15, 0.2) is 0 Å². The maximum atomic E-state index is 12.5. The van der Waals surface area contributed by atoms with Crippen LogP contribution in [0.2, 0.25) is 0 Å². The Morgan fingerprint density at radius 1 is 1.30 bits per heavy atom. The lowest BCUT2D eigenvalue weighted by atomic mass is 9.96. The van der Waals surface area contributed by atoms with Crippen LogP contribution in [0.1, 0.15) is 47.4 Å². The van der Waals surface area contributed by atoms with E-state index < -0.39 is 12.7 Å². The summed E-state index contributed by atoms with van der Waals surface area (Å²) < 4.78 is 37.6. The summed E-state index contributed by atoms with van der Waals surface area (Å²) >= 11 is 0. The Hall–Kier alpha value is -1.57. The normalized spacial score (nSPS) is 22.1. The number of H-pyrrole nitrogens is 1. The number of rotatable bonds is 4. The van der Waals surface area contributed by atoms with Gasteiger partial charge in [0.05, 0.1) is 6.54 Å². The van der Waals surface area contributed by atoms with Crippen LogP contribution < -0.4 is 5.32 Å². The van der Waals surface area contributed by atoms with Crippen LogP contribution >= 0.6 is 0 Å². The van der Waals surface area contributed by atoms with Gasteiger partial charge in [0.1, 0.15) is 0 Å². The Labute approximate surface area is 132 Å². The predicted octanol–water partition coefficient (Wildman–Crippen LogP) is 2.04. The van der Waals surface area contributed by atoms with Gasteiger partial charge in [-0.25, -0.2) is 0 Å². The van der Waals surface area contributed by atoms with Gasteiger partial charge in [0, 0.05) is 23.8 Å². The molecule has 1 aliphatic heterocycles. The first-order valence-electron chi connectivity index (χ1n) is 8.09. The average Bonchev–Trinajstić information content (AvgIpc) is 3.09. The lowest BCUT2D eigenvalue weighted by Crippen LogP contribution is -2.44. The molecule has 1 aliphatic carbocycles. The molecule has 1 fully saturated rings. The van der Waals surface area contributed by atoms with E-state index in [9.17, 15) is 18.0 Å². The van der Waals surface area contributed by atoms with Gasteiger partial charge in [-0.15, -0.1) is 0 Å². The first-order valence-corrected chi connectivity index (χ1v) is 8.09. The molecule has 1 saturated heterocycles. The van der Waals surface area contributed by atoms with E-state index in [4.69, 9.17) is 0 Å². The monoisotopic (exact) mass is 330 g/mol. The van der Waals surface area contributed by atoms with Gasteiger partial charge in [0.25, 0.3) is 5.91 Å². The van der Waals surface area contributed by atoms with Crippen molar-refractivity contribution in [3.8, 4) is 0 Å². The van der Waals surface area contributed by atoms with Crippen molar-refractivity contribution in [1.29, 1.82) is 0 Å². The van der Waals surface area contributed by atoms with Crippen LogP contribution in [0.5, 0.6) is 0 Å². The summed E-state index contributed by atoms with van der Waals surface area (Å²) in [5.74, 6) is -0.289. The smallest absolute Gasteiger partial charge is 0.349 e. The number of likely N-dealkylation sites (tertiary alicyclic amines) is 1. The summed E-state index contributed by atoms with van der Waals surface area (Å²) in [6.45, 7) is -0.250. The third-order valence-corrected chi connectivity index (χ3v) is 4.65. The minimum Gasteiger partial charge on any atom is -0.349 e. The average molecular weight is 330 g/mol. The van der Waals surface area contributed by atoms with E-state index in [1.807, 2.05) is 0 Å². The highest BCUT2D eigenvalue weighted by Gasteiger charge is 2.36. The van der Waals surface area contributed by atoms with Crippen molar-refractivity contribution in [1.82, 2.24) is 20.4 Å².